The molecule has 0 aromatic heterocycles. The molecule has 1 heterocycles. The van der Waals surface area contributed by atoms with Crippen molar-refractivity contribution in [3.8, 4) is 0 Å². The summed E-state index contributed by atoms with van der Waals surface area (Å²) in [5.41, 5.74) is 2.95. The molecule has 0 N–H and O–H groups in total. The Labute approximate surface area is 118 Å². The number of nitrogens with zero attached hydrogens (tertiary/aromatic N) is 2. The van der Waals surface area contributed by atoms with Crippen LogP contribution in [0.3, 0.4) is 0 Å². The second-order valence-electron chi connectivity index (χ2n) is 5.52. The SMILES string of the molecule is CCCCN1CCCN(c2ccccc2CC)CC1. The molecule has 1 fully saturated rings. The molecule has 19 heavy (non-hydrogen) atoms. The predicted octanol–water partition coefficient (Wildman–Crippen LogP) is 3.56. The van der Waals surface area contributed by atoms with Crippen LogP contribution >= 0.6 is 0 Å². The summed E-state index contributed by atoms with van der Waals surface area (Å²) >= 11 is 0. The maximum absolute atomic E-state index is 2.64. The summed E-state index contributed by atoms with van der Waals surface area (Å²) in [6.45, 7) is 10.7. The zero-order chi connectivity index (χ0) is 13.5. The van der Waals surface area contributed by atoms with Crippen molar-refractivity contribution in [2.24, 2.45) is 0 Å². The highest BCUT2D eigenvalue weighted by atomic mass is 15.2. The van der Waals surface area contributed by atoms with E-state index in [-0.39, 0.29) is 0 Å². The van der Waals surface area contributed by atoms with E-state index in [1.165, 1.54) is 63.2 Å². The molecule has 0 atom stereocenters. The number of unbranched alkanes of at least 4 members (excludes halogenated alkanes) is 1. The van der Waals surface area contributed by atoms with E-state index in [2.05, 4.69) is 47.9 Å². The van der Waals surface area contributed by atoms with Gasteiger partial charge in [0.2, 0.25) is 0 Å². The Morgan fingerprint density at radius 2 is 1.84 bits per heavy atom. The van der Waals surface area contributed by atoms with Gasteiger partial charge in [0.1, 0.15) is 0 Å². The van der Waals surface area contributed by atoms with Crippen LogP contribution in [0.25, 0.3) is 0 Å². The highest BCUT2D eigenvalue weighted by Crippen LogP contribution is 2.22. The number of anilines is 1. The molecule has 106 valence electrons. The summed E-state index contributed by atoms with van der Waals surface area (Å²) in [7, 11) is 0. The van der Waals surface area contributed by atoms with Crippen molar-refractivity contribution < 1.29 is 0 Å². The Morgan fingerprint density at radius 1 is 1.00 bits per heavy atom. The van der Waals surface area contributed by atoms with Crippen molar-refractivity contribution in [1.82, 2.24) is 4.90 Å². The third kappa shape index (κ3) is 3.97. The van der Waals surface area contributed by atoms with Gasteiger partial charge in [-0.2, -0.15) is 0 Å². The molecular formula is C17H28N2. The summed E-state index contributed by atoms with van der Waals surface area (Å²) in [4.78, 5) is 5.23. The molecule has 1 saturated heterocycles. The van der Waals surface area contributed by atoms with Crippen molar-refractivity contribution >= 4 is 5.69 Å². The number of hydrogen-bond acceptors (Lipinski definition) is 2. The molecule has 0 spiro atoms. The molecular weight excluding hydrogens is 232 g/mol. The van der Waals surface area contributed by atoms with E-state index in [1.807, 2.05) is 0 Å². The van der Waals surface area contributed by atoms with Gasteiger partial charge in [-0.25, -0.2) is 0 Å². The molecule has 1 aliphatic rings. The first-order valence-electron chi connectivity index (χ1n) is 7.90. The van der Waals surface area contributed by atoms with E-state index in [1.54, 1.807) is 0 Å². The Morgan fingerprint density at radius 3 is 2.63 bits per heavy atom. The fourth-order valence-corrected chi connectivity index (χ4v) is 2.94. The van der Waals surface area contributed by atoms with E-state index in [0.29, 0.717) is 0 Å². The van der Waals surface area contributed by atoms with Gasteiger partial charge >= 0.3 is 0 Å². The second kappa shape index (κ2) is 7.54. The van der Waals surface area contributed by atoms with Gasteiger partial charge in [-0.05, 0) is 44.0 Å². The van der Waals surface area contributed by atoms with Gasteiger partial charge in [-0.15, -0.1) is 0 Å². The quantitative estimate of drug-likeness (QED) is 0.798. The Balaban J connectivity index is 1.98. The Kier molecular flexibility index (Phi) is 5.71. The lowest BCUT2D eigenvalue weighted by Crippen LogP contribution is -2.31. The maximum Gasteiger partial charge on any atom is 0.0399 e. The normalized spacial score (nSPS) is 17.5. The first-order valence-corrected chi connectivity index (χ1v) is 7.90. The third-order valence-electron chi connectivity index (χ3n) is 4.13. The van der Waals surface area contributed by atoms with Gasteiger partial charge in [0.15, 0.2) is 0 Å². The van der Waals surface area contributed by atoms with E-state index in [9.17, 15) is 0 Å². The van der Waals surface area contributed by atoms with Crippen LogP contribution in [0.2, 0.25) is 0 Å². The highest BCUT2D eigenvalue weighted by molar-refractivity contribution is 5.53. The van der Waals surface area contributed by atoms with Crippen molar-refractivity contribution in [3.63, 3.8) is 0 Å². The molecule has 0 radical (unpaired) electrons. The summed E-state index contributed by atoms with van der Waals surface area (Å²) in [6.07, 6.45) is 5.07. The van der Waals surface area contributed by atoms with Gasteiger partial charge < -0.3 is 9.80 Å². The number of hydrogen-bond donors (Lipinski definition) is 0. The molecule has 0 aliphatic carbocycles. The molecule has 1 aromatic rings. The number of aryl methyl sites for hydroxylation is 1. The Hall–Kier alpha value is -1.02. The first kappa shape index (κ1) is 14.4. The van der Waals surface area contributed by atoms with Gasteiger partial charge in [-0.1, -0.05) is 38.5 Å². The molecule has 0 bridgehead atoms. The summed E-state index contributed by atoms with van der Waals surface area (Å²) in [5.74, 6) is 0. The van der Waals surface area contributed by atoms with Gasteiger partial charge in [0.25, 0.3) is 0 Å². The summed E-state index contributed by atoms with van der Waals surface area (Å²) in [6, 6.07) is 8.90. The standard InChI is InChI=1S/C17H28N2/c1-3-5-11-18-12-8-13-19(15-14-18)17-10-7-6-9-16(17)4-2/h6-7,9-10H,3-5,8,11-15H2,1-2H3. The molecule has 1 aliphatic heterocycles. The van der Waals surface area contributed by atoms with Gasteiger partial charge in [-0.3, -0.25) is 0 Å². The van der Waals surface area contributed by atoms with Crippen LogP contribution in [0.5, 0.6) is 0 Å². The van der Waals surface area contributed by atoms with Crippen LogP contribution < -0.4 is 4.90 Å². The maximum atomic E-state index is 2.64. The molecule has 1 aromatic carbocycles. The number of benzene rings is 1. The lowest BCUT2D eigenvalue weighted by molar-refractivity contribution is 0.289. The zero-order valence-corrected chi connectivity index (χ0v) is 12.6. The minimum atomic E-state index is 1.13. The minimum absolute atomic E-state index is 1.13. The van der Waals surface area contributed by atoms with Crippen molar-refractivity contribution in [3.05, 3.63) is 29.8 Å². The zero-order valence-electron chi connectivity index (χ0n) is 12.6. The average molecular weight is 260 g/mol. The number of para-hydroxylation sites is 1. The van der Waals surface area contributed by atoms with Gasteiger partial charge in [0, 0.05) is 25.3 Å². The van der Waals surface area contributed by atoms with Crippen LogP contribution in [-0.4, -0.2) is 37.6 Å². The third-order valence-corrected chi connectivity index (χ3v) is 4.13. The topological polar surface area (TPSA) is 6.48 Å². The number of rotatable bonds is 5. The van der Waals surface area contributed by atoms with Crippen LogP contribution in [0.4, 0.5) is 5.69 Å². The second-order valence-corrected chi connectivity index (χ2v) is 5.52. The van der Waals surface area contributed by atoms with Crippen molar-refractivity contribution in [2.45, 2.75) is 39.5 Å². The van der Waals surface area contributed by atoms with Crippen molar-refractivity contribution in [1.29, 1.82) is 0 Å². The smallest absolute Gasteiger partial charge is 0.0399 e. The molecule has 0 amide bonds. The predicted molar refractivity (Wildman–Crippen MR) is 84.0 cm³/mol. The monoisotopic (exact) mass is 260 g/mol. The molecule has 0 unspecified atom stereocenters. The summed E-state index contributed by atoms with van der Waals surface area (Å²) in [5, 5.41) is 0. The van der Waals surface area contributed by atoms with E-state index < -0.39 is 0 Å². The molecule has 2 heteroatoms. The Bertz CT molecular complexity index is 375. The van der Waals surface area contributed by atoms with E-state index in [4.69, 9.17) is 0 Å². The van der Waals surface area contributed by atoms with Crippen LogP contribution in [0.1, 0.15) is 38.7 Å². The fraction of sp³-hybridized carbons (Fsp3) is 0.647. The minimum Gasteiger partial charge on any atom is -0.370 e. The molecule has 2 rings (SSSR count). The largest absolute Gasteiger partial charge is 0.370 e. The lowest BCUT2D eigenvalue weighted by atomic mass is 10.1. The molecule has 2 nitrogen and oxygen atoms in total. The van der Waals surface area contributed by atoms with Crippen molar-refractivity contribution in [2.75, 3.05) is 37.6 Å². The average Bonchev–Trinajstić information content (AvgIpc) is 2.70. The van der Waals surface area contributed by atoms with Crippen LogP contribution in [0, 0.1) is 0 Å². The highest BCUT2D eigenvalue weighted by Gasteiger charge is 2.16. The lowest BCUT2D eigenvalue weighted by Gasteiger charge is -2.25. The van der Waals surface area contributed by atoms with Crippen LogP contribution in [-0.2, 0) is 6.42 Å². The first-order chi connectivity index (χ1) is 9.35. The van der Waals surface area contributed by atoms with Crippen LogP contribution in [0.15, 0.2) is 24.3 Å². The van der Waals surface area contributed by atoms with E-state index >= 15 is 0 Å². The van der Waals surface area contributed by atoms with Gasteiger partial charge in [0.05, 0.1) is 0 Å². The molecule has 0 saturated carbocycles. The van der Waals surface area contributed by atoms with E-state index in [0.717, 1.165) is 6.42 Å². The summed E-state index contributed by atoms with van der Waals surface area (Å²) < 4.78 is 0. The fourth-order valence-electron chi connectivity index (χ4n) is 2.94.